The molecule has 88 valence electrons. The minimum Gasteiger partial charge on any atom is -0.378 e. The summed E-state index contributed by atoms with van der Waals surface area (Å²) in [6, 6.07) is 0. The monoisotopic (exact) mass is 214 g/mol. The molecule has 1 heterocycles. The number of nitrogens with one attached hydrogen (secondary N) is 1. The molecule has 0 aromatic carbocycles. The van der Waals surface area contributed by atoms with Gasteiger partial charge in [-0.1, -0.05) is 0 Å². The zero-order valence-corrected chi connectivity index (χ0v) is 9.79. The number of carbonyl (C=O) groups excluding carboxylic acids is 1. The molecule has 1 aliphatic rings. The third kappa shape index (κ3) is 4.62. The van der Waals surface area contributed by atoms with Crippen LogP contribution in [0.1, 0.15) is 25.7 Å². The summed E-state index contributed by atoms with van der Waals surface area (Å²) < 4.78 is 5.54. The van der Waals surface area contributed by atoms with Crippen LogP contribution in [0.25, 0.3) is 0 Å². The molecule has 1 amide bonds. The molecule has 0 bridgehead atoms. The van der Waals surface area contributed by atoms with E-state index >= 15 is 0 Å². The molecule has 4 nitrogen and oxygen atoms in total. The number of carbonyl (C=O) groups is 1. The number of hydrogen-bond donors (Lipinski definition) is 1. The van der Waals surface area contributed by atoms with E-state index in [1.165, 1.54) is 6.42 Å². The molecule has 0 saturated carbocycles. The Morgan fingerprint density at radius 2 is 2.33 bits per heavy atom. The SMILES string of the molecule is CNCCN(C)C(=O)CC1CCCCO1. The molecule has 1 atom stereocenters. The highest BCUT2D eigenvalue weighted by Crippen LogP contribution is 2.16. The summed E-state index contributed by atoms with van der Waals surface area (Å²) in [6.45, 7) is 2.42. The van der Waals surface area contributed by atoms with Crippen LogP contribution in [-0.2, 0) is 9.53 Å². The molecule has 0 aromatic heterocycles. The lowest BCUT2D eigenvalue weighted by Gasteiger charge is -2.24. The highest BCUT2D eigenvalue weighted by atomic mass is 16.5. The maximum atomic E-state index is 11.7. The lowest BCUT2D eigenvalue weighted by atomic mass is 10.1. The zero-order valence-electron chi connectivity index (χ0n) is 9.79. The molecular formula is C11H22N2O2. The van der Waals surface area contributed by atoms with Gasteiger partial charge in [-0.15, -0.1) is 0 Å². The second kappa shape index (κ2) is 6.80. The molecular weight excluding hydrogens is 192 g/mol. The lowest BCUT2D eigenvalue weighted by molar-refractivity contribution is -0.133. The van der Waals surface area contributed by atoms with Crippen LogP contribution in [0.15, 0.2) is 0 Å². The average molecular weight is 214 g/mol. The van der Waals surface area contributed by atoms with Crippen LogP contribution in [0.2, 0.25) is 0 Å². The quantitative estimate of drug-likeness (QED) is 0.729. The molecule has 1 N–H and O–H groups in total. The number of hydrogen-bond acceptors (Lipinski definition) is 3. The van der Waals surface area contributed by atoms with Gasteiger partial charge in [-0.3, -0.25) is 4.79 Å². The van der Waals surface area contributed by atoms with Crippen molar-refractivity contribution in [3.05, 3.63) is 0 Å². The van der Waals surface area contributed by atoms with Crippen molar-refractivity contribution in [3.63, 3.8) is 0 Å². The normalized spacial score (nSPS) is 21.3. The predicted octanol–water partition coefficient (Wildman–Crippen LogP) is 0.623. The Labute approximate surface area is 92.0 Å². The summed E-state index contributed by atoms with van der Waals surface area (Å²) in [5.74, 6) is 0.192. The number of amides is 1. The van der Waals surface area contributed by atoms with Crippen molar-refractivity contribution in [2.45, 2.75) is 31.8 Å². The number of rotatable bonds is 5. The summed E-state index contributed by atoms with van der Waals surface area (Å²) in [4.78, 5) is 13.5. The van der Waals surface area contributed by atoms with E-state index in [2.05, 4.69) is 5.32 Å². The molecule has 15 heavy (non-hydrogen) atoms. The van der Waals surface area contributed by atoms with E-state index in [0.717, 1.165) is 32.5 Å². The second-order valence-corrected chi connectivity index (χ2v) is 4.11. The first kappa shape index (κ1) is 12.5. The average Bonchev–Trinajstić information content (AvgIpc) is 2.27. The highest BCUT2D eigenvalue weighted by Gasteiger charge is 2.19. The smallest absolute Gasteiger partial charge is 0.224 e. The van der Waals surface area contributed by atoms with E-state index in [4.69, 9.17) is 4.74 Å². The topological polar surface area (TPSA) is 41.6 Å². The van der Waals surface area contributed by atoms with Gasteiger partial charge >= 0.3 is 0 Å². The third-order valence-electron chi connectivity index (χ3n) is 2.80. The Hall–Kier alpha value is -0.610. The van der Waals surface area contributed by atoms with Crippen LogP contribution in [0.5, 0.6) is 0 Å². The van der Waals surface area contributed by atoms with Crippen LogP contribution >= 0.6 is 0 Å². The van der Waals surface area contributed by atoms with Gasteiger partial charge in [0.2, 0.25) is 5.91 Å². The van der Waals surface area contributed by atoms with Gasteiger partial charge in [0, 0.05) is 26.7 Å². The Kier molecular flexibility index (Phi) is 5.65. The van der Waals surface area contributed by atoms with Crippen molar-refractivity contribution in [2.75, 3.05) is 33.8 Å². The Morgan fingerprint density at radius 1 is 1.53 bits per heavy atom. The fraction of sp³-hybridized carbons (Fsp3) is 0.909. The van der Waals surface area contributed by atoms with Gasteiger partial charge in [0.25, 0.3) is 0 Å². The Balaban J connectivity index is 2.20. The predicted molar refractivity (Wildman–Crippen MR) is 59.8 cm³/mol. The Morgan fingerprint density at radius 3 is 2.93 bits per heavy atom. The standard InChI is InChI=1S/C11H22N2O2/c1-12-6-7-13(2)11(14)9-10-5-3-4-8-15-10/h10,12H,3-9H2,1-2H3. The maximum Gasteiger partial charge on any atom is 0.224 e. The molecule has 1 fully saturated rings. The molecule has 1 unspecified atom stereocenters. The largest absolute Gasteiger partial charge is 0.378 e. The summed E-state index contributed by atoms with van der Waals surface area (Å²) >= 11 is 0. The van der Waals surface area contributed by atoms with Crippen molar-refractivity contribution in [1.82, 2.24) is 10.2 Å². The molecule has 1 aliphatic heterocycles. The first-order chi connectivity index (χ1) is 7.24. The van der Waals surface area contributed by atoms with Gasteiger partial charge in [0.15, 0.2) is 0 Å². The minimum absolute atomic E-state index is 0.156. The summed E-state index contributed by atoms with van der Waals surface area (Å²) in [7, 11) is 3.74. The van der Waals surface area contributed by atoms with Gasteiger partial charge in [-0.25, -0.2) is 0 Å². The van der Waals surface area contributed by atoms with E-state index < -0.39 is 0 Å². The van der Waals surface area contributed by atoms with Crippen molar-refractivity contribution in [1.29, 1.82) is 0 Å². The third-order valence-corrected chi connectivity index (χ3v) is 2.80. The maximum absolute atomic E-state index is 11.7. The van der Waals surface area contributed by atoms with Crippen molar-refractivity contribution in [3.8, 4) is 0 Å². The number of nitrogens with zero attached hydrogens (tertiary/aromatic N) is 1. The second-order valence-electron chi connectivity index (χ2n) is 4.11. The van der Waals surface area contributed by atoms with Gasteiger partial charge < -0.3 is 15.0 Å². The number of ether oxygens (including phenoxy) is 1. The van der Waals surface area contributed by atoms with Crippen LogP contribution in [0, 0.1) is 0 Å². The number of likely N-dealkylation sites (N-methyl/N-ethyl adjacent to an activating group) is 2. The van der Waals surface area contributed by atoms with E-state index in [9.17, 15) is 4.79 Å². The van der Waals surface area contributed by atoms with E-state index in [0.29, 0.717) is 6.42 Å². The molecule has 1 saturated heterocycles. The lowest BCUT2D eigenvalue weighted by Crippen LogP contribution is -2.35. The van der Waals surface area contributed by atoms with Crippen LogP contribution < -0.4 is 5.32 Å². The highest BCUT2D eigenvalue weighted by molar-refractivity contribution is 5.76. The molecule has 0 spiro atoms. The molecule has 0 aliphatic carbocycles. The zero-order chi connectivity index (χ0) is 11.1. The van der Waals surface area contributed by atoms with Gasteiger partial charge in [-0.2, -0.15) is 0 Å². The first-order valence-corrected chi connectivity index (χ1v) is 5.74. The summed E-state index contributed by atoms with van der Waals surface area (Å²) in [5, 5.41) is 3.03. The summed E-state index contributed by atoms with van der Waals surface area (Å²) in [5.41, 5.74) is 0. The van der Waals surface area contributed by atoms with E-state index in [1.54, 1.807) is 4.90 Å². The van der Waals surface area contributed by atoms with E-state index in [-0.39, 0.29) is 12.0 Å². The van der Waals surface area contributed by atoms with Gasteiger partial charge in [0.05, 0.1) is 12.5 Å². The van der Waals surface area contributed by atoms with Crippen LogP contribution in [0.4, 0.5) is 0 Å². The van der Waals surface area contributed by atoms with Gasteiger partial charge in [0.1, 0.15) is 0 Å². The van der Waals surface area contributed by atoms with Crippen molar-refractivity contribution in [2.24, 2.45) is 0 Å². The fourth-order valence-corrected chi connectivity index (χ4v) is 1.72. The van der Waals surface area contributed by atoms with Crippen LogP contribution in [0.3, 0.4) is 0 Å². The Bertz CT molecular complexity index is 191. The molecule has 0 radical (unpaired) electrons. The molecule has 1 rings (SSSR count). The molecule has 4 heteroatoms. The van der Waals surface area contributed by atoms with Crippen molar-refractivity contribution >= 4 is 5.91 Å². The fourth-order valence-electron chi connectivity index (χ4n) is 1.72. The first-order valence-electron chi connectivity index (χ1n) is 5.74. The van der Waals surface area contributed by atoms with Gasteiger partial charge in [-0.05, 0) is 26.3 Å². The summed E-state index contributed by atoms with van der Waals surface area (Å²) in [6.07, 6.45) is 4.06. The molecule has 0 aromatic rings. The van der Waals surface area contributed by atoms with Crippen molar-refractivity contribution < 1.29 is 9.53 Å². The minimum atomic E-state index is 0.156. The van der Waals surface area contributed by atoms with Crippen LogP contribution in [-0.4, -0.2) is 50.7 Å². The van der Waals surface area contributed by atoms with E-state index in [1.807, 2.05) is 14.1 Å².